The molecule has 23 heavy (non-hydrogen) atoms. The first-order valence-corrected chi connectivity index (χ1v) is 7.92. The van der Waals surface area contributed by atoms with Gasteiger partial charge < -0.3 is 15.0 Å². The molecule has 0 aromatic carbocycles. The topological polar surface area (TPSA) is 78.3 Å². The number of pyridine rings is 1. The van der Waals surface area contributed by atoms with Crippen molar-refractivity contribution < 1.29 is 18.3 Å². The summed E-state index contributed by atoms with van der Waals surface area (Å²) < 4.78 is 30.1. The zero-order valence-corrected chi connectivity index (χ0v) is 13.9. The van der Waals surface area contributed by atoms with E-state index in [1.807, 2.05) is 0 Å². The van der Waals surface area contributed by atoms with Gasteiger partial charge in [-0.15, -0.1) is 0 Å². The van der Waals surface area contributed by atoms with Gasteiger partial charge in [0.15, 0.2) is 0 Å². The predicted molar refractivity (Wildman–Crippen MR) is 85.8 cm³/mol. The Morgan fingerprint density at radius 1 is 1.48 bits per heavy atom. The number of hydrogen-bond acceptors (Lipinski definition) is 5. The van der Waals surface area contributed by atoms with Gasteiger partial charge in [0.2, 0.25) is 0 Å². The number of aromatic nitrogens is 1. The molecule has 1 saturated heterocycles. The van der Waals surface area contributed by atoms with Gasteiger partial charge in [0.05, 0.1) is 13.2 Å². The molecule has 0 radical (unpaired) electrons. The van der Waals surface area contributed by atoms with E-state index < -0.39 is 13.0 Å². The lowest BCUT2D eigenvalue weighted by atomic mass is 10.2. The molecule has 126 valence electrons. The van der Waals surface area contributed by atoms with E-state index in [0.717, 1.165) is 6.42 Å². The Balaban J connectivity index is 2.22. The summed E-state index contributed by atoms with van der Waals surface area (Å²) in [5.41, 5.74) is 0.749. The van der Waals surface area contributed by atoms with Crippen molar-refractivity contribution in [3.63, 3.8) is 0 Å². The van der Waals surface area contributed by atoms with Crippen molar-refractivity contribution in [2.24, 2.45) is 0 Å². The van der Waals surface area contributed by atoms with Crippen LogP contribution < -0.4 is 5.32 Å². The van der Waals surface area contributed by atoms with E-state index in [2.05, 4.69) is 26.2 Å². The van der Waals surface area contributed by atoms with Gasteiger partial charge >= 0.3 is 0 Å². The minimum absolute atomic E-state index is 0.00365. The number of ether oxygens (including phenoxy) is 1. The summed E-state index contributed by atoms with van der Waals surface area (Å²) in [6, 6.07) is 1.40. The maximum Gasteiger partial charge on any atom is 0.272 e. The van der Waals surface area contributed by atoms with Crippen LogP contribution in [0.25, 0.3) is 0 Å². The second-order valence-corrected chi connectivity index (χ2v) is 5.75. The van der Waals surface area contributed by atoms with Gasteiger partial charge in [-0.2, -0.15) is 0 Å². The fourth-order valence-electron chi connectivity index (χ4n) is 2.19. The predicted octanol–water partition coefficient (Wildman–Crippen LogP) is 2.34. The van der Waals surface area contributed by atoms with Crippen LogP contribution in [0.3, 0.4) is 0 Å². The molecule has 0 unspecified atom stereocenters. The van der Waals surface area contributed by atoms with Crippen LogP contribution in [0.5, 0.6) is 0 Å². The molecule has 0 aliphatic carbocycles. The molecule has 0 saturated carbocycles. The van der Waals surface area contributed by atoms with Crippen molar-refractivity contribution >= 4 is 32.1 Å². The molecule has 1 aromatic rings. The summed E-state index contributed by atoms with van der Waals surface area (Å²) in [5.74, 6) is -0.275. The van der Waals surface area contributed by atoms with Crippen LogP contribution in [0.2, 0.25) is 0 Å². The SMILES string of the molecule is N=C(Br)c1cnc(C(=O)N2CCCOCC2)cc1NCC(F)F. The largest absolute Gasteiger partial charge is 0.380 e. The number of nitrogens with zero attached hydrogens (tertiary/aromatic N) is 2. The molecule has 1 aliphatic rings. The minimum atomic E-state index is -2.54. The molecule has 0 spiro atoms. The van der Waals surface area contributed by atoms with Gasteiger partial charge in [-0.1, -0.05) is 0 Å². The van der Waals surface area contributed by atoms with Crippen LogP contribution in [0.4, 0.5) is 14.5 Å². The second kappa shape index (κ2) is 8.30. The van der Waals surface area contributed by atoms with E-state index in [4.69, 9.17) is 10.1 Å². The number of nitrogens with one attached hydrogen (secondary N) is 2. The van der Waals surface area contributed by atoms with E-state index >= 15 is 0 Å². The summed E-state index contributed by atoms with van der Waals surface area (Å²) in [5, 5.41) is 10.2. The van der Waals surface area contributed by atoms with Gasteiger partial charge in [-0.05, 0) is 28.4 Å². The third-order valence-corrected chi connectivity index (χ3v) is 3.74. The number of hydrogen-bond donors (Lipinski definition) is 2. The molecule has 0 bridgehead atoms. The Labute approximate surface area is 140 Å². The summed E-state index contributed by atoms with van der Waals surface area (Å²) in [7, 11) is 0. The summed E-state index contributed by atoms with van der Waals surface area (Å²) >= 11 is 2.99. The smallest absolute Gasteiger partial charge is 0.272 e. The van der Waals surface area contributed by atoms with Crippen molar-refractivity contribution in [2.45, 2.75) is 12.8 Å². The zero-order chi connectivity index (χ0) is 16.8. The van der Waals surface area contributed by atoms with Crippen molar-refractivity contribution in [3.05, 3.63) is 23.5 Å². The van der Waals surface area contributed by atoms with Gasteiger partial charge in [0.1, 0.15) is 10.3 Å². The number of halogens is 3. The Morgan fingerprint density at radius 3 is 2.96 bits per heavy atom. The maximum absolute atomic E-state index is 12.5. The molecule has 1 aliphatic heterocycles. The number of rotatable bonds is 5. The van der Waals surface area contributed by atoms with Crippen LogP contribution in [-0.4, -0.2) is 59.7 Å². The number of amides is 1. The van der Waals surface area contributed by atoms with Gasteiger partial charge in [0, 0.05) is 37.1 Å². The Kier molecular flexibility index (Phi) is 6.40. The standard InChI is InChI=1S/C14H17BrF2N4O2/c15-13(18)9-7-19-11(6-10(9)20-8-12(16)17)14(22)21-2-1-4-23-5-3-21/h6-7,12,18H,1-5,8H2,(H,19,20). The highest BCUT2D eigenvalue weighted by atomic mass is 79.9. The van der Waals surface area contributed by atoms with Crippen LogP contribution in [0, 0.1) is 5.41 Å². The van der Waals surface area contributed by atoms with Crippen molar-refractivity contribution in [2.75, 3.05) is 38.2 Å². The highest BCUT2D eigenvalue weighted by molar-refractivity contribution is 9.18. The first kappa shape index (κ1) is 17.7. The van der Waals surface area contributed by atoms with Crippen LogP contribution in [0.15, 0.2) is 12.3 Å². The average Bonchev–Trinajstić information content (AvgIpc) is 2.81. The number of carbonyl (C=O) groups is 1. The van der Waals surface area contributed by atoms with E-state index in [9.17, 15) is 13.6 Å². The first-order valence-electron chi connectivity index (χ1n) is 7.12. The molecule has 6 nitrogen and oxygen atoms in total. The molecule has 2 rings (SSSR count). The molecule has 2 N–H and O–H groups in total. The lowest BCUT2D eigenvalue weighted by Gasteiger charge is -2.20. The third kappa shape index (κ3) is 4.93. The molecule has 0 atom stereocenters. The molecule has 2 heterocycles. The maximum atomic E-state index is 12.5. The molecular formula is C14H17BrF2N4O2. The fraction of sp³-hybridized carbons (Fsp3) is 0.500. The van der Waals surface area contributed by atoms with E-state index in [-0.39, 0.29) is 21.9 Å². The summed E-state index contributed by atoms with van der Waals surface area (Å²) in [6.45, 7) is 1.54. The molecule has 1 aromatic heterocycles. The quantitative estimate of drug-likeness (QED) is 0.756. The first-order chi connectivity index (χ1) is 11.0. The number of anilines is 1. The highest BCUT2D eigenvalue weighted by Crippen LogP contribution is 2.20. The van der Waals surface area contributed by atoms with Crippen molar-refractivity contribution in [1.29, 1.82) is 5.41 Å². The van der Waals surface area contributed by atoms with E-state index in [0.29, 0.717) is 31.9 Å². The van der Waals surface area contributed by atoms with Crippen LogP contribution >= 0.6 is 15.9 Å². The second-order valence-electron chi connectivity index (χ2n) is 4.96. The highest BCUT2D eigenvalue weighted by Gasteiger charge is 2.20. The van der Waals surface area contributed by atoms with Crippen molar-refractivity contribution in [1.82, 2.24) is 9.88 Å². The Bertz CT molecular complexity index is 578. The van der Waals surface area contributed by atoms with Gasteiger partial charge in [-0.3, -0.25) is 15.2 Å². The number of alkyl halides is 2. The van der Waals surface area contributed by atoms with Gasteiger partial charge in [0.25, 0.3) is 12.3 Å². The molecule has 1 amide bonds. The van der Waals surface area contributed by atoms with E-state index in [1.165, 1.54) is 12.3 Å². The number of carbonyl (C=O) groups excluding carboxylic acids is 1. The molecule has 1 fully saturated rings. The zero-order valence-electron chi connectivity index (χ0n) is 12.3. The minimum Gasteiger partial charge on any atom is -0.380 e. The fourth-order valence-corrected chi connectivity index (χ4v) is 2.51. The monoisotopic (exact) mass is 390 g/mol. The van der Waals surface area contributed by atoms with E-state index in [1.54, 1.807) is 4.90 Å². The average molecular weight is 391 g/mol. The Morgan fingerprint density at radius 2 is 2.26 bits per heavy atom. The summed E-state index contributed by atoms with van der Waals surface area (Å²) in [6.07, 6.45) is -0.471. The molecule has 9 heteroatoms. The van der Waals surface area contributed by atoms with Crippen LogP contribution in [0.1, 0.15) is 22.5 Å². The third-order valence-electron chi connectivity index (χ3n) is 3.32. The Hall–Kier alpha value is -1.61. The van der Waals surface area contributed by atoms with Crippen molar-refractivity contribution in [3.8, 4) is 0 Å². The lowest BCUT2D eigenvalue weighted by Crippen LogP contribution is -2.33. The van der Waals surface area contributed by atoms with Gasteiger partial charge in [-0.25, -0.2) is 8.78 Å². The lowest BCUT2D eigenvalue weighted by molar-refractivity contribution is 0.0735. The normalized spacial score (nSPS) is 15.4. The van der Waals surface area contributed by atoms with Crippen LogP contribution in [-0.2, 0) is 4.74 Å². The summed E-state index contributed by atoms with van der Waals surface area (Å²) in [4.78, 5) is 18.2. The molecular weight excluding hydrogens is 374 g/mol.